The van der Waals surface area contributed by atoms with Gasteiger partial charge in [0, 0.05) is 5.69 Å². The van der Waals surface area contributed by atoms with E-state index in [9.17, 15) is 18.8 Å². The van der Waals surface area contributed by atoms with Gasteiger partial charge in [0.25, 0.3) is 5.91 Å². The SMILES string of the molecule is C[C@H]1C(=O)N(CC(=O)Nc2ccccc2Cl)C(=O)N1c1ccc(F)cc1. The lowest BCUT2D eigenvalue weighted by molar-refractivity contribution is -0.130. The van der Waals surface area contributed by atoms with Crippen molar-refractivity contribution >= 4 is 40.8 Å². The van der Waals surface area contributed by atoms with Gasteiger partial charge < -0.3 is 5.32 Å². The van der Waals surface area contributed by atoms with Crippen molar-refractivity contribution in [3.05, 3.63) is 59.4 Å². The predicted molar refractivity (Wildman–Crippen MR) is 95.5 cm³/mol. The molecule has 4 amide bonds. The number of rotatable bonds is 4. The van der Waals surface area contributed by atoms with Crippen LogP contribution in [0.1, 0.15) is 6.92 Å². The maximum atomic E-state index is 13.1. The first-order valence-electron chi connectivity index (χ1n) is 7.83. The lowest BCUT2D eigenvalue weighted by Crippen LogP contribution is -2.39. The van der Waals surface area contributed by atoms with E-state index in [1.807, 2.05) is 0 Å². The maximum absolute atomic E-state index is 13.1. The quantitative estimate of drug-likeness (QED) is 0.834. The third-order valence-electron chi connectivity index (χ3n) is 4.00. The van der Waals surface area contributed by atoms with Crippen LogP contribution in [0.25, 0.3) is 0 Å². The zero-order valence-corrected chi connectivity index (χ0v) is 14.5. The van der Waals surface area contributed by atoms with E-state index in [-0.39, 0.29) is 0 Å². The summed E-state index contributed by atoms with van der Waals surface area (Å²) in [6.07, 6.45) is 0. The molecule has 0 aromatic heterocycles. The Hall–Kier alpha value is -2.93. The second-order valence-corrected chi connectivity index (χ2v) is 6.16. The van der Waals surface area contributed by atoms with E-state index >= 15 is 0 Å². The Labute approximate surface area is 154 Å². The van der Waals surface area contributed by atoms with E-state index < -0.39 is 36.2 Å². The number of hydrogen-bond donors (Lipinski definition) is 1. The van der Waals surface area contributed by atoms with Crippen LogP contribution in [0, 0.1) is 5.82 Å². The molecule has 0 unspecified atom stereocenters. The van der Waals surface area contributed by atoms with E-state index in [1.165, 1.54) is 29.2 Å². The highest BCUT2D eigenvalue weighted by Gasteiger charge is 2.44. The Bertz CT molecular complexity index is 872. The topological polar surface area (TPSA) is 69.7 Å². The number of carbonyl (C=O) groups is 3. The number of urea groups is 1. The average molecular weight is 376 g/mol. The van der Waals surface area contributed by atoms with Crippen molar-refractivity contribution in [1.82, 2.24) is 4.90 Å². The van der Waals surface area contributed by atoms with Gasteiger partial charge in [0.2, 0.25) is 5.91 Å². The van der Waals surface area contributed by atoms with E-state index in [4.69, 9.17) is 11.6 Å². The molecular weight excluding hydrogens is 361 g/mol. The Morgan fingerprint density at radius 3 is 2.46 bits per heavy atom. The predicted octanol–water partition coefficient (Wildman–Crippen LogP) is 3.27. The van der Waals surface area contributed by atoms with Gasteiger partial charge in [-0.3, -0.25) is 19.4 Å². The third-order valence-corrected chi connectivity index (χ3v) is 4.33. The molecule has 1 aliphatic heterocycles. The normalized spacial score (nSPS) is 17.0. The minimum Gasteiger partial charge on any atom is -0.323 e. The molecule has 2 aromatic carbocycles. The highest BCUT2D eigenvalue weighted by molar-refractivity contribution is 6.33. The van der Waals surface area contributed by atoms with Crippen LogP contribution in [0.4, 0.5) is 20.6 Å². The molecule has 1 heterocycles. The summed E-state index contributed by atoms with van der Waals surface area (Å²) in [4.78, 5) is 39.3. The number of amides is 4. The van der Waals surface area contributed by atoms with Crippen LogP contribution in [0.15, 0.2) is 48.5 Å². The van der Waals surface area contributed by atoms with Crippen molar-refractivity contribution in [2.24, 2.45) is 0 Å². The summed E-state index contributed by atoms with van der Waals surface area (Å²) in [6.45, 7) is 1.11. The smallest absolute Gasteiger partial charge is 0.323 e. The molecule has 2 aromatic rings. The van der Waals surface area contributed by atoms with Gasteiger partial charge in [-0.2, -0.15) is 0 Å². The second kappa shape index (κ2) is 7.13. The number of para-hydroxylation sites is 1. The van der Waals surface area contributed by atoms with Crippen LogP contribution in [0.3, 0.4) is 0 Å². The molecule has 26 heavy (non-hydrogen) atoms. The summed E-state index contributed by atoms with van der Waals surface area (Å²) in [5.74, 6) is -1.50. The van der Waals surface area contributed by atoms with Crippen molar-refractivity contribution in [3.63, 3.8) is 0 Å². The Morgan fingerprint density at radius 1 is 1.15 bits per heavy atom. The van der Waals surface area contributed by atoms with Crippen molar-refractivity contribution in [1.29, 1.82) is 0 Å². The van der Waals surface area contributed by atoms with Crippen molar-refractivity contribution < 1.29 is 18.8 Å². The number of imide groups is 1. The molecule has 6 nitrogen and oxygen atoms in total. The van der Waals surface area contributed by atoms with Crippen LogP contribution in [0.5, 0.6) is 0 Å². The summed E-state index contributed by atoms with van der Waals surface area (Å²) in [5.41, 5.74) is 0.771. The molecule has 1 N–H and O–H groups in total. The van der Waals surface area contributed by atoms with E-state index in [0.717, 1.165) is 4.90 Å². The molecule has 0 saturated carbocycles. The standard InChI is InChI=1S/C18H15ClFN3O3/c1-11-17(25)22(10-16(24)21-15-5-3-2-4-14(15)19)18(26)23(11)13-8-6-12(20)7-9-13/h2-9,11H,10H2,1H3,(H,21,24)/t11-/m0/s1. The summed E-state index contributed by atoms with van der Waals surface area (Å²) >= 11 is 5.98. The van der Waals surface area contributed by atoms with Gasteiger partial charge in [0.15, 0.2) is 0 Å². The van der Waals surface area contributed by atoms with E-state index in [2.05, 4.69) is 5.32 Å². The molecule has 1 saturated heterocycles. The number of nitrogens with zero attached hydrogens (tertiary/aromatic N) is 2. The summed E-state index contributed by atoms with van der Waals surface area (Å²) in [5, 5.41) is 2.92. The van der Waals surface area contributed by atoms with Gasteiger partial charge >= 0.3 is 6.03 Å². The minimum atomic E-state index is -0.791. The third kappa shape index (κ3) is 3.39. The molecule has 0 bridgehead atoms. The summed E-state index contributed by atoms with van der Waals surface area (Å²) < 4.78 is 13.1. The van der Waals surface area contributed by atoms with Crippen LogP contribution in [0.2, 0.25) is 5.02 Å². The molecule has 134 valence electrons. The monoisotopic (exact) mass is 375 g/mol. The number of carbonyl (C=O) groups excluding carboxylic acids is 3. The van der Waals surface area contributed by atoms with Gasteiger partial charge in [0.1, 0.15) is 18.4 Å². The fourth-order valence-electron chi connectivity index (χ4n) is 2.70. The minimum absolute atomic E-state index is 0.348. The Balaban J connectivity index is 1.75. The molecule has 1 aliphatic rings. The highest BCUT2D eigenvalue weighted by Crippen LogP contribution is 2.26. The van der Waals surface area contributed by atoms with Crippen LogP contribution in [-0.2, 0) is 9.59 Å². The van der Waals surface area contributed by atoms with Crippen molar-refractivity contribution in [2.75, 3.05) is 16.8 Å². The maximum Gasteiger partial charge on any atom is 0.332 e. The van der Waals surface area contributed by atoms with Crippen molar-refractivity contribution in [2.45, 2.75) is 13.0 Å². The van der Waals surface area contributed by atoms with E-state index in [0.29, 0.717) is 16.4 Å². The number of nitrogens with one attached hydrogen (secondary N) is 1. The fraction of sp³-hybridized carbons (Fsp3) is 0.167. The molecule has 3 rings (SSSR count). The summed E-state index contributed by atoms with van der Waals surface area (Å²) in [7, 11) is 0. The van der Waals surface area contributed by atoms with E-state index in [1.54, 1.807) is 31.2 Å². The number of anilines is 2. The van der Waals surface area contributed by atoms with Gasteiger partial charge in [0.05, 0.1) is 10.7 Å². The Kier molecular flexibility index (Phi) is 4.90. The van der Waals surface area contributed by atoms with Gasteiger partial charge in [-0.15, -0.1) is 0 Å². The zero-order valence-electron chi connectivity index (χ0n) is 13.8. The molecule has 1 fully saturated rings. The highest BCUT2D eigenvalue weighted by atomic mass is 35.5. The van der Waals surface area contributed by atoms with Gasteiger partial charge in [-0.25, -0.2) is 9.18 Å². The molecule has 0 radical (unpaired) electrons. The van der Waals surface area contributed by atoms with Crippen LogP contribution in [-0.4, -0.2) is 35.3 Å². The number of benzene rings is 2. The number of halogens is 2. The Morgan fingerprint density at radius 2 is 1.81 bits per heavy atom. The zero-order chi connectivity index (χ0) is 18.8. The van der Waals surface area contributed by atoms with Crippen LogP contribution >= 0.6 is 11.6 Å². The first-order valence-corrected chi connectivity index (χ1v) is 8.21. The first kappa shape index (κ1) is 17.9. The van der Waals surface area contributed by atoms with Crippen molar-refractivity contribution in [3.8, 4) is 0 Å². The van der Waals surface area contributed by atoms with Gasteiger partial charge in [-0.05, 0) is 43.3 Å². The fourth-order valence-corrected chi connectivity index (χ4v) is 2.89. The lowest BCUT2D eigenvalue weighted by atomic mass is 10.2. The summed E-state index contributed by atoms with van der Waals surface area (Å²) in [6, 6.07) is 10.4. The molecule has 1 atom stereocenters. The molecule has 0 aliphatic carbocycles. The van der Waals surface area contributed by atoms with Crippen LogP contribution < -0.4 is 10.2 Å². The number of hydrogen-bond acceptors (Lipinski definition) is 3. The lowest BCUT2D eigenvalue weighted by Gasteiger charge is -2.19. The second-order valence-electron chi connectivity index (χ2n) is 5.76. The molecule has 8 heteroatoms. The molecular formula is C18H15ClFN3O3. The largest absolute Gasteiger partial charge is 0.332 e. The first-order chi connectivity index (χ1) is 12.4. The van der Waals surface area contributed by atoms with Gasteiger partial charge in [-0.1, -0.05) is 23.7 Å². The average Bonchev–Trinajstić information content (AvgIpc) is 2.82. The molecule has 0 spiro atoms.